The van der Waals surface area contributed by atoms with Gasteiger partial charge in [-0.05, 0) is 12.1 Å². The van der Waals surface area contributed by atoms with Gasteiger partial charge in [-0.3, -0.25) is 0 Å². The van der Waals surface area contributed by atoms with Crippen molar-refractivity contribution in [3.8, 4) is 5.75 Å². The molecule has 1 rings (SSSR count). The Bertz CT molecular complexity index is 252. The molecule has 0 unspecified atom stereocenters. The van der Waals surface area contributed by atoms with E-state index in [0.29, 0.717) is 20.8 Å². The van der Waals surface area contributed by atoms with Crippen LogP contribution in [0.4, 0.5) is 0 Å². The molecule has 0 atom stereocenters. The summed E-state index contributed by atoms with van der Waals surface area (Å²) < 4.78 is 4.91. The summed E-state index contributed by atoms with van der Waals surface area (Å²) in [5, 5.41) is 1.34. The Morgan fingerprint density at radius 2 is 1.50 bits per heavy atom. The molecule has 2 nitrogen and oxygen atoms in total. The first-order chi connectivity index (χ1) is 5.15. The van der Waals surface area contributed by atoms with Gasteiger partial charge in [0.05, 0.1) is 17.2 Å². The van der Waals surface area contributed by atoms with Crippen LogP contribution in [0, 0.1) is 0 Å². The van der Waals surface area contributed by atoms with E-state index in [1.165, 1.54) is 7.11 Å². The molecule has 0 amide bonds. The molecule has 2 N–H and O–H groups in total. The van der Waals surface area contributed by atoms with Crippen molar-refractivity contribution < 1.29 is 10.2 Å². The smallest absolute Gasteiger partial charge is 0.156 e. The second-order valence-corrected chi connectivity index (χ2v) is 3.15. The fourth-order valence-electron chi connectivity index (χ4n) is 0.724. The second-order valence-electron chi connectivity index (χ2n) is 1.90. The molecule has 0 radical (unpaired) electrons. The monoisotopic (exact) mass is 228 g/mol. The highest BCUT2D eigenvalue weighted by Crippen LogP contribution is 2.35. The van der Waals surface area contributed by atoms with E-state index in [1.54, 1.807) is 12.1 Å². The van der Waals surface area contributed by atoms with Crippen LogP contribution in [0.25, 0.3) is 0 Å². The molecular weight excluding hydrogens is 222 g/mol. The summed E-state index contributed by atoms with van der Waals surface area (Å²) in [6.07, 6.45) is 0. The Morgan fingerprint density at radius 1 is 1.08 bits per heavy atom. The summed E-state index contributed by atoms with van der Waals surface area (Å²) in [4.78, 5) is 0. The average molecular weight is 229 g/mol. The molecule has 0 aromatic heterocycles. The minimum absolute atomic E-state index is 0. The van der Waals surface area contributed by atoms with Crippen molar-refractivity contribution in [2.24, 2.45) is 0 Å². The van der Waals surface area contributed by atoms with E-state index in [9.17, 15) is 0 Å². The molecule has 0 saturated carbocycles. The highest BCUT2D eigenvalue weighted by molar-refractivity contribution is 6.40. The highest BCUT2D eigenvalue weighted by atomic mass is 35.5. The standard InChI is InChI=1S/C7H5Cl3O.H2O/c1-11-7-5(9)2-4(8)3-6(7)10;/h2-3H,1H3;1H2. The Hall–Kier alpha value is -0.150. The number of hydrogen-bond donors (Lipinski definition) is 0. The SMILES string of the molecule is COc1c(Cl)cc(Cl)cc1Cl.O. The number of benzene rings is 1. The third-order valence-corrected chi connectivity index (χ3v) is 1.95. The van der Waals surface area contributed by atoms with Crippen LogP contribution in [0.2, 0.25) is 15.1 Å². The zero-order valence-electron chi connectivity index (χ0n) is 6.20. The zero-order valence-corrected chi connectivity index (χ0v) is 8.46. The maximum atomic E-state index is 5.74. The maximum absolute atomic E-state index is 5.74. The molecule has 0 bridgehead atoms. The van der Waals surface area contributed by atoms with Crippen LogP contribution in [0.5, 0.6) is 5.75 Å². The normalized spacial score (nSPS) is 9.00. The van der Waals surface area contributed by atoms with Gasteiger partial charge >= 0.3 is 0 Å². The molecule has 0 aliphatic carbocycles. The Kier molecular flexibility index (Phi) is 4.71. The minimum Gasteiger partial charge on any atom is -0.494 e. The lowest BCUT2D eigenvalue weighted by molar-refractivity contribution is 0.415. The van der Waals surface area contributed by atoms with Crippen LogP contribution in [0.1, 0.15) is 0 Å². The van der Waals surface area contributed by atoms with Gasteiger partial charge in [0.25, 0.3) is 0 Å². The maximum Gasteiger partial charge on any atom is 0.156 e. The molecule has 0 aliphatic rings. The molecule has 0 fully saturated rings. The second kappa shape index (κ2) is 4.77. The lowest BCUT2D eigenvalue weighted by Gasteiger charge is -2.04. The molecule has 1 aromatic rings. The van der Waals surface area contributed by atoms with E-state index in [2.05, 4.69) is 0 Å². The predicted octanol–water partition coefficient (Wildman–Crippen LogP) is 2.83. The fourth-order valence-corrected chi connectivity index (χ4v) is 1.70. The average Bonchev–Trinajstić information content (AvgIpc) is 1.85. The molecule has 68 valence electrons. The van der Waals surface area contributed by atoms with Crippen LogP contribution < -0.4 is 4.74 Å². The van der Waals surface area contributed by atoms with Gasteiger partial charge in [-0.1, -0.05) is 34.8 Å². The van der Waals surface area contributed by atoms with Crippen LogP contribution in [0.15, 0.2) is 12.1 Å². The summed E-state index contributed by atoms with van der Waals surface area (Å²) in [7, 11) is 1.50. The van der Waals surface area contributed by atoms with Gasteiger partial charge in [0.15, 0.2) is 5.75 Å². The summed E-state index contributed by atoms with van der Waals surface area (Å²) in [5.74, 6) is 0.456. The summed E-state index contributed by atoms with van der Waals surface area (Å²) in [6.45, 7) is 0. The summed E-state index contributed by atoms with van der Waals surface area (Å²) in [5.41, 5.74) is 0. The van der Waals surface area contributed by atoms with Gasteiger partial charge in [0, 0.05) is 5.02 Å². The highest BCUT2D eigenvalue weighted by Gasteiger charge is 2.06. The number of halogens is 3. The van der Waals surface area contributed by atoms with Gasteiger partial charge in [-0.2, -0.15) is 0 Å². The van der Waals surface area contributed by atoms with Gasteiger partial charge in [-0.25, -0.2) is 0 Å². The number of hydrogen-bond acceptors (Lipinski definition) is 1. The van der Waals surface area contributed by atoms with Crippen molar-refractivity contribution in [2.45, 2.75) is 0 Å². The van der Waals surface area contributed by atoms with E-state index < -0.39 is 0 Å². The van der Waals surface area contributed by atoms with Crippen molar-refractivity contribution in [1.82, 2.24) is 0 Å². The molecule has 0 saturated heterocycles. The van der Waals surface area contributed by atoms with Crippen molar-refractivity contribution in [2.75, 3.05) is 7.11 Å². The van der Waals surface area contributed by atoms with E-state index in [4.69, 9.17) is 39.5 Å². The first-order valence-corrected chi connectivity index (χ1v) is 3.97. The van der Waals surface area contributed by atoms with Gasteiger partial charge < -0.3 is 10.2 Å². The van der Waals surface area contributed by atoms with Gasteiger partial charge in [0.2, 0.25) is 0 Å². The fraction of sp³-hybridized carbons (Fsp3) is 0.143. The molecule has 0 heterocycles. The third kappa shape index (κ3) is 2.42. The van der Waals surface area contributed by atoms with E-state index in [0.717, 1.165) is 0 Å². The van der Waals surface area contributed by atoms with E-state index in [1.807, 2.05) is 0 Å². The summed E-state index contributed by atoms with van der Waals surface area (Å²) in [6, 6.07) is 3.15. The quantitative estimate of drug-likeness (QED) is 0.730. The topological polar surface area (TPSA) is 40.7 Å². The largest absolute Gasteiger partial charge is 0.494 e. The molecule has 5 heteroatoms. The van der Waals surface area contributed by atoms with Crippen molar-refractivity contribution in [3.05, 3.63) is 27.2 Å². The van der Waals surface area contributed by atoms with E-state index in [-0.39, 0.29) is 5.48 Å². The van der Waals surface area contributed by atoms with Gasteiger partial charge in [0.1, 0.15) is 0 Å². The first kappa shape index (κ1) is 11.8. The molecule has 0 spiro atoms. The van der Waals surface area contributed by atoms with Crippen LogP contribution >= 0.6 is 34.8 Å². The van der Waals surface area contributed by atoms with Gasteiger partial charge in [-0.15, -0.1) is 0 Å². The van der Waals surface area contributed by atoms with Crippen LogP contribution in [-0.2, 0) is 0 Å². The summed E-state index contributed by atoms with van der Waals surface area (Å²) >= 11 is 17.1. The zero-order chi connectivity index (χ0) is 8.43. The molecule has 1 aromatic carbocycles. The molecule has 12 heavy (non-hydrogen) atoms. The minimum atomic E-state index is 0. The lowest BCUT2D eigenvalue weighted by Crippen LogP contribution is -1.84. The number of methoxy groups -OCH3 is 1. The van der Waals surface area contributed by atoms with Crippen LogP contribution in [-0.4, -0.2) is 12.6 Å². The lowest BCUT2D eigenvalue weighted by atomic mass is 10.3. The van der Waals surface area contributed by atoms with Crippen molar-refractivity contribution >= 4 is 34.8 Å². The Morgan fingerprint density at radius 3 is 1.83 bits per heavy atom. The van der Waals surface area contributed by atoms with Crippen LogP contribution in [0.3, 0.4) is 0 Å². The van der Waals surface area contributed by atoms with Crippen molar-refractivity contribution in [1.29, 1.82) is 0 Å². The Balaban J connectivity index is 0.00000121. The number of rotatable bonds is 1. The predicted molar refractivity (Wildman–Crippen MR) is 51.6 cm³/mol. The Labute approximate surface area is 85.3 Å². The first-order valence-electron chi connectivity index (χ1n) is 2.83. The van der Waals surface area contributed by atoms with E-state index >= 15 is 0 Å². The third-order valence-electron chi connectivity index (χ3n) is 1.17. The molecule has 0 aliphatic heterocycles. The molecular formula is C7H7Cl3O2. The van der Waals surface area contributed by atoms with Crippen molar-refractivity contribution in [3.63, 3.8) is 0 Å². The number of ether oxygens (including phenoxy) is 1.